The predicted octanol–water partition coefficient (Wildman–Crippen LogP) is 5.42. The third-order valence-corrected chi connectivity index (χ3v) is 4.02. The summed E-state index contributed by atoms with van der Waals surface area (Å²) in [6.45, 7) is 8.87. The van der Waals surface area contributed by atoms with Crippen molar-refractivity contribution in [1.29, 1.82) is 0 Å². The number of rotatable bonds is 4. The molecule has 1 aliphatic rings. The van der Waals surface area contributed by atoms with Crippen LogP contribution < -0.4 is 5.32 Å². The average molecular weight is 359 g/mol. The van der Waals surface area contributed by atoms with E-state index in [0.717, 1.165) is 48.2 Å². The number of fused-ring (bicyclic) bond motifs is 1. The van der Waals surface area contributed by atoms with Crippen LogP contribution in [-0.4, -0.2) is 19.6 Å². The number of nitrogens with one attached hydrogen (secondary N) is 1. The van der Waals surface area contributed by atoms with Crippen LogP contribution in [0.3, 0.4) is 0 Å². The molecule has 1 aliphatic heterocycles. The SMILES string of the molecule is CC.CC.COC(=O)c1ccc(CCc2cc(F)cc3c2NCC3)cc1. The maximum atomic E-state index is 13.6. The van der Waals surface area contributed by atoms with Gasteiger partial charge in [0.25, 0.3) is 0 Å². The summed E-state index contributed by atoms with van der Waals surface area (Å²) in [7, 11) is 1.37. The number of anilines is 1. The zero-order valence-electron chi connectivity index (χ0n) is 16.5. The van der Waals surface area contributed by atoms with Gasteiger partial charge in [0, 0.05) is 12.2 Å². The van der Waals surface area contributed by atoms with Gasteiger partial charge in [-0.2, -0.15) is 0 Å². The van der Waals surface area contributed by atoms with Crippen LogP contribution in [0.4, 0.5) is 10.1 Å². The van der Waals surface area contributed by atoms with Crippen molar-refractivity contribution in [2.75, 3.05) is 19.0 Å². The number of carbonyl (C=O) groups excluding carboxylic acids is 1. The van der Waals surface area contributed by atoms with Gasteiger partial charge in [-0.1, -0.05) is 39.8 Å². The number of hydrogen-bond acceptors (Lipinski definition) is 3. The van der Waals surface area contributed by atoms with Crippen molar-refractivity contribution in [2.24, 2.45) is 0 Å². The standard InChI is InChI=1S/C18H18FNO2.2C2H6/c1-22-18(21)13-5-2-12(3-6-13)4-7-14-10-16(19)11-15-8-9-20-17(14)15;2*1-2/h2-3,5-6,10-11,20H,4,7-9H2,1H3;2*1-2H3. The fourth-order valence-corrected chi connectivity index (χ4v) is 2.87. The molecule has 1 heterocycles. The fourth-order valence-electron chi connectivity index (χ4n) is 2.87. The highest BCUT2D eigenvalue weighted by atomic mass is 19.1. The van der Waals surface area contributed by atoms with Gasteiger partial charge in [-0.15, -0.1) is 0 Å². The van der Waals surface area contributed by atoms with Crippen molar-refractivity contribution in [2.45, 2.75) is 47.0 Å². The van der Waals surface area contributed by atoms with Crippen molar-refractivity contribution < 1.29 is 13.9 Å². The minimum absolute atomic E-state index is 0.168. The van der Waals surface area contributed by atoms with Crippen LogP contribution in [0.5, 0.6) is 0 Å². The predicted molar refractivity (Wildman–Crippen MR) is 106 cm³/mol. The molecule has 0 amide bonds. The molecule has 0 saturated carbocycles. The van der Waals surface area contributed by atoms with Crippen LogP contribution >= 0.6 is 0 Å². The molecule has 0 bridgehead atoms. The van der Waals surface area contributed by atoms with Gasteiger partial charge in [-0.3, -0.25) is 0 Å². The Labute approximate surface area is 156 Å². The number of halogens is 1. The molecule has 0 fully saturated rings. The Balaban J connectivity index is 0.000000791. The van der Waals surface area contributed by atoms with Gasteiger partial charge in [0.15, 0.2) is 0 Å². The number of aryl methyl sites for hydroxylation is 2. The van der Waals surface area contributed by atoms with Gasteiger partial charge in [0.2, 0.25) is 0 Å². The first kappa shape index (κ1) is 21.7. The largest absolute Gasteiger partial charge is 0.465 e. The number of methoxy groups -OCH3 is 1. The number of carbonyl (C=O) groups is 1. The van der Waals surface area contributed by atoms with E-state index in [0.29, 0.717) is 5.56 Å². The van der Waals surface area contributed by atoms with Gasteiger partial charge in [-0.25, -0.2) is 9.18 Å². The Kier molecular flexibility index (Phi) is 9.42. The summed E-state index contributed by atoms with van der Waals surface area (Å²) in [4.78, 5) is 11.4. The second kappa shape index (κ2) is 11.3. The van der Waals surface area contributed by atoms with E-state index in [4.69, 9.17) is 0 Å². The van der Waals surface area contributed by atoms with Crippen molar-refractivity contribution in [1.82, 2.24) is 0 Å². The molecule has 0 saturated heterocycles. The maximum Gasteiger partial charge on any atom is 0.337 e. The smallest absolute Gasteiger partial charge is 0.337 e. The summed E-state index contributed by atoms with van der Waals surface area (Å²) >= 11 is 0. The zero-order chi connectivity index (χ0) is 19.5. The minimum Gasteiger partial charge on any atom is -0.465 e. The third kappa shape index (κ3) is 5.58. The topological polar surface area (TPSA) is 38.3 Å². The highest BCUT2D eigenvalue weighted by Gasteiger charge is 2.15. The zero-order valence-corrected chi connectivity index (χ0v) is 16.5. The van der Waals surface area contributed by atoms with E-state index in [1.165, 1.54) is 7.11 Å². The molecule has 0 aromatic heterocycles. The van der Waals surface area contributed by atoms with E-state index in [2.05, 4.69) is 10.1 Å². The van der Waals surface area contributed by atoms with Gasteiger partial charge >= 0.3 is 5.97 Å². The van der Waals surface area contributed by atoms with Crippen LogP contribution in [0.15, 0.2) is 36.4 Å². The molecule has 142 valence electrons. The molecule has 0 radical (unpaired) electrons. The molecule has 1 N–H and O–H groups in total. The Bertz CT molecular complexity index is 696. The summed E-state index contributed by atoms with van der Waals surface area (Å²) < 4.78 is 18.3. The molecule has 3 nitrogen and oxygen atoms in total. The summed E-state index contributed by atoms with van der Waals surface area (Å²) in [5, 5.41) is 3.34. The van der Waals surface area contributed by atoms with Gasteiger partial charge in [0.1, 0.15) is 5.82 Å². The summed E-state index contributed by atoms with van der Waals surface area (Å²) in [6, 6.07) is 10.6. The number of esters is 1. The monoisotopic (exact) mass is 359 g/mol. The molecule has 0 atom stereocenters. The van der Waals surface area contributed by atoms with Gasteiger partial charge in [0.05, 0.1) is 12.7 Å². The first-order chi connectivity index (χ1) is 12.7. The normalized spacial score (nSPS) is 11.2. The lowest BCUT2D eigenvalue weighted by Crippen LogP contribution is -2.02. The molecule has 4 heteroatoms. The van der Waals surface area contributed by atoms with Gasteiger partial charge < -0.3 is 10.1 Å². The van der Waals surface area contributed by atoms with Gasteiger partial charge in [-0.05, 0) is 60.2 Å². The molecule has 0 unspecified atom stereocenters. The minimum atomic E-state index is -0.335. The third-order valence-electron chi connectivity index (χ3n) is 4.02. The van der Waals surface area contributed by atoms with Crippen LogP contribution in [0, 0.1) is 5.82 Å². The Morgan fingerprint density at radius 3 is 2.35 bits per heavy atom. The lowest BCUT2D eigenvalue weighted by atomic mass is 9.99. The Morgan fingerprint density at radius 2 is 1.73 bits per heavy atom. The Hall–Kier alpha value is -2.36. The lowest BCUT2D eigenvalue weighted by molar-refractivity contribution is 0.0600. The van der Waals surface area contributed by atoms with E-state index in [-0.39, 0.29) is 11.8 Å². The first-order valence-corrected chi connectivity index (χ1v) is 9.40. The van der Waals surface area contributed by atoms with E-state index in [9.17, 15) is 9.18 Å². The molecule has 3 rings (SSSR count). The Morgan fingerprint density at radius 1 is 1.08 bits per heavy atom. The molecule has 2 aromatic carbocycles. The van der Waals surface area contributed by atoms with Crippen molar-refractivity contribution in [3.05, 3.63) is 64.5 Å². The molecule has 0 spiro atoms. The fraction of sp³-hybridized carbons (Fsp3) is 0.409. The highest BCUT2D eigenvalue weighted by Crippen LogP contribution is 2.28. The molecular formula is C22H30FNO2. The van der Waals surface area contributed by atoms with E-state index in [1.807, 2.05) is 39.8 Å². The highest BCUT2D eigenvalue weighted by molar-refractivity contribution is 5.89. The van der Waals surface area contributed by atoms with E-state index < -0.39 is 0 Å². The number of benzene rings is 2. The summed E-state index contributed by atoms with van der Waals surface area (Å²) in [5.41, 5.74) is 4.83. The lowest BCUT2D eigenvalue weighted by Gasteiger charge is -2.10. The van der Waals surface area contributed by atoms with Crippen molar-refractivity contribution in [3.8, 4) is 0 Å². The number of ether oxygens (including phenoxy) is 1. The van der Waals surface area contributed by atoms with E-state index in [1.54, 1.807) is 24.3 Å². The molecular weight excluding hydrogens is 329 g/mol. The number of hydrogen-bond donors (Lipinski definition) is 1. The first-order valence-electron chi connectivity index (χ1n) is 9.40. The second-order valence-corrected chi connectivity index (χ2v) is 5.46. The van der Waals surface area contributed by atoms with Crippen molar-refractivity contribution >= 4 is 11.7 Å². The quantitative estimate of drug-likeness (QED) is 0.741. The van der Waals surface area contributed by atoms with E-state index >= 15 is 0 Å². The maximum absolute atomic E-state index is 13.6. The molecule has 26 heavy (non-hydrogen) atoms. The summed E-state index contributed by atoms with van der Waals surface area (Å²) in [6.07, 6.45) is 2.46. The van der Waals surface area contributed by atoms with Crippen LogP contribution in [-0.2, 0) is 24.0 Å². The van der Waals surface area contributed by atoms with Crippen molar-refractivity contribution in [3.63, 3.8) is 0 Å². The second-order valence-electron chi connectivity index (χ2n) is 5.46. The summed E-state index contributed by atoms with van der Waals surface area (Å²) in [5.74, 6) is -0.503. The molecule has 2 aromatic rings. The van der Waals surface area contributed by atoms with Crippen LogP contribution in [0.25, 0.3) is 0 Å². The molecule has 0 aliphatic carbocycles. The van der Waals surface area contributed by atoms with Crippen LogP contribution in [0.1, 0.15) is 54.7 Å². The average Bonchev–Trinajstić information content (AvgIpc) is 3.17. The van der Waals surface area contributed by atoms with Crippen LogP contribution in [0.2, 0.25) is 0 Å².